The zero-order valence-corrected chi connectivity index (χ0v) is 25.2. The summed E-state index contributed by atoms with van der Waals surface area (Å²) in [5.74, 6) is -0.820. The highest BCUT2D eigenvalue weighted by atomic mass is 19.4. The van der Waals surface area contributed by atoms with Gasteiger partial charge in [-0.15, -0.1) is 0 Å². The van der Waals surface area contributed by atoms with Gasteiger partial charge in [-0.25, -0.2) is 4.79 Å². The van der Waals surface area contributed by atoms with Crippen LogP contribution in [0.2, 0.25) is 0 Å². The third kappa shape index (κ3) is 9.06. The maximum absolute atomic E-state index is 14.0. The molecule has 1 atom stereocenters. The van der Waals surface area contributed by atoms with E-state index in [0.29, 0.717) is 28.8 Å². The summed E-state index contributed by atoms with van der Waals surface area (Å²) in [6, 6.07) is 14.7. The van der Waals surface area contributed by atoms with E-state index < -0.39 is 36.4 Å². The van der Waals surface area contributed by atoms with Crippen LogP contribution in [0.1, 0.15) is 74.4 Å². The summed E-state index contributed by atoms with van der Waals surface area (Å²) in [7, 11) is 0. The Kier molecular flexibility index (Phi) is 10.4. The molecule has 0 spiro atoms. The first kappa shape index (κ1) is 32.6. The average molecular weight is 585 g/mol. The number of carbonyl (C=O) groups is 2. The molecule has 1 unspecified atom stereocenters. The molecule has 0 saturated heterocycles. The number of hydrogen-bond donors (Lipinski definition) is 1. The zero-order chi connectivity index (χ0) is 31.2. The molecule has 0 saturated carbocycles. The first-order valence-electron chi connectivity index (χ1n) is 13.9. The van der Waals surface area contributed by atoms with Crippen molar-refractivity contribution in [2.75, 3.05) is 0 Å². The van der Waals surface area contributed by atoms with Gasteiger partial charge in [0, 0.05) is 29.1 Å². The van der Waals surface area contributed by atoms with E-state index in [1.54, 1.807) is 33.8 Å². The molecule has 0 aliphatic carbocycles. The molecule has 0 aliphatic heterocycles. The van der Waals surface area contributed by atoms with Gasteiger partial charge in [-0.2, -0.15) is 13.2 Å². The minimum atomic E-state index is -4.80. The molecule has 0 aliphatic rings. The lowest BCUT2D eigenvalue weighted by molar-refractivity contribution is -0.223. The third-order valence-corrected chi connectivity index (χ3v) is 6.41. The molecule has 0 radical (unpaired) electrons. The van der Waals surface area contributed by atoms with E-state index in [0.717, 1.165) is 16.8 Å². The molecule has 1 aromatic heterocycles. The molecular weight excluding hydrogens is 545 g/mol. The predicted molar refractivity (Wildman–Crippen MR) is 156 cm³/mol. The van der Waals surface area contributed by atoms with E-state index in [9.17, 15) is 22.8 Å². The van der Waals surface area contributed by atoms with Crippen molar-refractivity contribution < 1.29 is 32.2 Å². The number of carbonyl (C=O) groups excluding carboxylic acids is 2. The summed E-state index contributed by atoms with van der Waals surface area (Å²) in [5, 5.41) is 2.80. The minimum absolute atomic E-state index is 0.0463. The number of pyridine rings is 1. The fraction of sp³-hybridized carbons (Fsp3) is 0.424. The van der Waals surface area contributed by atoms with E-state index >= 15 is 0 Å². The Labute approximate surface area is 245 Å². The summed E-state index contributed by atoms with van der Waals surface area (Å²) >= 11 is 0. The Hall–Kier alpha value is -3.88. The molecule has 6 nitrogen and oxygen atoms in total. The number of alkyl carbamates (subject to hydrolysis) is 1. The molecule has 42 heavy (non-hydrogen) atoms. The topological polar surface area (TPSA) is 77.5 Å². The minimum Gasteiger partial charge on any atom is -0.447 e. The van der Waals surface area contributed by atoms with E-state index in [-0.39, 0.29) is 18.0 Å². The fourth-order valence-electron chi connectivity index (χ4n) is 4.62. The summed E-state index contributed by atoms with van der Waals surface area (Å²) in [4.78, 5) is 30.6. The van der Waals surface area contributed by atoms with Crippen LogP contribution in [-0.2, 0) is 33.7 Å². The normalized spacial score (nSPS) is 12.6. The predicted octanol–water partition coefficient (Wildman–Crippen LogP) is 7.98. The van der Waals surface area contributed by atoms with E-state index in [1.807, 2.05) is 45.0 Å². The van der Waals surface area contributed by atoms with Gasteiger partial charge >= 0.3 is 18.2 Å². The summed E-state index contributed by atoms with van der Waals surface area (Å²) < 4.78 is 52.4. The Morgan fingerprint density at radius 3 is 2.10 bits per heavy atom. The number of nitrogens with zero attached hydrogens (tertiary/aromatic N) is 1. The Morgan fingerprint density at radius 1 is 0.929 bits per heavy atom. The fourth-order valence-corrected chi connectivity index (χ4v) is 4.62. The van der Waals surface area contributed by atoms with Crippen molar-refractivity contribution in [3.8, 4) is 11.1 Å². The number of nitrogens with one attached hydrogen (secondary N) is 1. The van der Waals surface area contributed by atoms with Crippen molar-refractivity contribution in [3.63, 3.8) is 0 Å². The van der Waals surface area contributed by atoms with Crippen molar-refractivity contribution >= 4 is 12.1 Å². The van der Waals surface area contributed by atoms with Gasteiger partial charge in [0.2, 0.25) is 6.10 Å². The Morgan fingerprint density at radius 2 is 1.55 bits per heavy atom. The number of aromatic nitrogens is 1. The standard InChI is InChI=1S/C33H39F3N2O4/c1-20(2)17-27-26(19-37-31(40)42-32(5,6)7)29(23-15-13-21(3)14-16-23)25(22(4)38-27)18-28(39)41-30(33(34,35)36)24-11-9-8-10-12-24/h8-16,20,30H,17-19H2,1-7H3,(H,37,40). The second kappa shape index (κ2) is 13.4. The van der Waals surface area contributed by atoms with Crippen LogP contribution in [0.25, 0.3) is 11.1 Å². The van der Waals surface area contributed by atoms with Gasteiger partial charge in [0.25, 0.3) is 0 Å². The molecule has 226 valence electrons. The highest BCUT2D eigenvalue weighted by molar-refractivity contribution is 5.81. The molecule has 2 aromatic carbocycles. The number of hydrogen-bond acceptors (Lipinski definition) is 5. The molecule has 9 heteroatoms. The van der Waals surface area contributed by atoms with Crippen LogP contribution in [-0.4, -0.2) is 28.8 Å². The first-order valence-corrected chi connectivity index (χ1v) is 13.9. The van der Waals surface area contributed by atoms with Gasteiger partial charge in [0.15, 0.2) is 0 Å². The van der Waals surface area contributed by atoms with Crippen LogP contribution < -0.4 is 5.32 Å². The van der Waals surface area contributed by atoms with Crippen LogP contribution in [0.4, 0.5) is 18.0 Å². The van der Waals surface area contributed by atoms with E-state index in [1.165, 1.54) is 24.3 Å². The summed E-state index contributed by atoms with van der Waals surface area (Å²) in [5.41, 5.74) is 3.85. The summed E-state index contributed by atoms with van der Waals surface area (Å²) in [6.45, 7) is 13.1. The first-order chi connectivity index (χ1) is 19.5. The second-order valence-electron chi connectivity index (χ2n) is 11.8. The lowest BCUT2D eigenvalue weighted by Crippen LogP contribution is -2.32. The van der Waals surface area contributed by atoms with Crippen molar-refractivity contribution in [1.82, 2.24) is 10.3 Å². The average Bonchev–Trinajstić information content (AvgIpc) is 2.87. The Bertz CT molecular complexity index is 1380. The van der Waals surface area contributed by atoms with Gasteiger partial charge in [-0.3, -0.25) is 9.78 Å². The monoisotopic (exact) mass is 584 g/mol. The van der Waals surface area contributed by atoms with Crippen molar-refractivity contribution in [1.29, 1.82) is 0 Å². The van der Waals surface area contributed by atoms with Crippen molar-refractivity contribution in [3.05, 3.63) is 88.2 Å². The number of benzene rings is 2. The van der Waals surface area contributed by atoms with E-state index in [2.05, 4.69) is 5.32 Å². The molecule has 0 fully saturated rings. The van der Waals surface area contributed by atoms with Crippen molar-refractivity contribution in [2.45, 2.75) is 85.7 Å². The maximum atomic E-state index is 14.0. The largest absolute Gasteiger partial charge is 0.447 e. The molecule has 0 bridgehead atoms. The number of rotatable bonds is 9. The van der Waals surface area contributed by atoms with Gasteiger partial charge in [-0.05, 0) is 63.6 Å². The zero-order valence-electron chi connectivity index (χ0n) is 25.2. The van der Waals surface area contributed by atoms with Crippen LogP contribution in [0.3, 0.4) is 0 Å². The van der Waals surface area contributed by atoms with Crippen LogP contribution in [0.5, 0.6) is 0 Å². The molecular formula is C33H39F3N2O4. The highest BCUT2D eigenvalue weighted by Gasteiger charge is 2.44. The van der Waals surface area contributed by atoms with Gasteiger partial charge in [0.1, 0.15) is 5.60 Å². The van der Waals surface area contributed by atoms with Gasteiger partial charge in [0.05, 0.1) is 6.42 Å². The second-order valence-corrected chi connectivity index (χ2v) is 11.8. The van der Waals surface area contributed by atoms with Crippen LogP contribution in [0.15, 0.2) is 54.6 Å². The molecule has 3 aromatic rings. The Balaban J connectivity index is 2.11. The van der Waals surface area contributed by atoms with Crippen LogP contribution >= 0.6 is 0 Å². The maximum Gasteiger partial charge on any atom is 0.429 e. The van der Waals surface area contributed by atoms with E-state index in [4.69, 9.17) is 14.5 Å². The van der Waals surface area contributed by atoms with Crippen molar-refractivity contribution in [2.24, 2.45) is 5.92 Å². The molecule has 3 rings (SSSR count). The molecule has 1 N–H and O–H groups in total. The lowest BCUT2D eigenvalue weighted by Gasteiger charge is -2.24. The third-order valence-electron chi connectivity index (χ3n) is 6.41. The smallest absolute Gasteiger partial charge is 0.429 e. The quantitative estimate of drug-likeness (QED) is 0.258. The number of esters is 1. The van der Waals surface area contributed by atoms with Gasteiger partial charge < -0.3 is 14.8 Å². The number of ether oxygens (including phenoxy) is 2. The number of alkyl halides is 3. The summed E-state index contributed by atoms with van der Waals surface area (Å²) in [6.07, 6.45) is -7.68. The number of aryl methyl sites for hydroxylation is 2. The van der Waals surface area contributed by atoms with Gasteiger partial charge in [-0.1, -0.05) is 74.0 Å². The van der Waals surface area contributed by atoms with Crippen LogP contribution in [0, 0.1) is 19.8 Å². The number of amides is 1. The number of halogens is 3. The molecule has 1 amide bonds. The SMILES string of the molecule is Cc1ccc(-c2c(CC(=O)OC(c3ccccc3)C(F)(F)F)c(C)nc(CC(C)C)c2CNC(=O)OC(C)(C)C)cc1. The highest BCUT2D eigenvalue weighted by Crippen LogP contribution is 2.37. The molecule has 1 heterocycles. The lowest BCUT2D eigenvalue weighted by atomic mass is 9.88.